The standard InChI is InChI=1S/C23H28N4O/c1-17(18-5-9-22(28)10-6-18)15-20-16-23(25-24-20)19-3-7-21(8-4-19)27-13-11-26(2)12-14-27/h3-10,16-17,28H,11-15H2,1-2H3,(H,24,25). The summed E-state index contributed by atoms with van der Waals surface area (Å²) in [6, 6.07) is 18.3. The fourth-order valence-electron chi connectivity index (χ4n) is 3.77. The van der Waals surface area contributed by atoms with Crippen LogP contribution in [0.25, 0.3) is 11.3 Å². The molecule has 2 heterocycles. The van der Waals surface area contributed by atoms with Crippen LogP contribution in [0.15, 0.2) is 54.6 Å². The Hall–Kier alpha value is -2.79. The van der Waals surface area contributed by atoms with E-state index in [9.17, 15) is 5.11 Å². The first-order valence-corrected chi connectivity index (χ1v) is 9.95. The first-order valence-electron chi connectivity index (χ1n) is 9.95. The lowest BCUT2D eigenvalue weighted by atomic mass is 9.96. The Labute approximate surface area is 166 Å². The first-order chi connectivity index (χ1) is 13.6. The molecule has 2 N–H and O–H groups in total. The third kappa shape index (κ3) is 4.20. The Morgan fingerprint density at radius 2 is 1.68 bits per heavy atom. The van der Waals surface area contributed by atoms with E-state index in [1.807, 2.05) is 12.1 Å². The lowest BCUT2D eigenvalue weighted by Gasteiger charge is -2.34. The topological polar surface area (TPSA) is 55.4 Å². The Balaban J connectivity index is 1.41. The maximum atomic E-state index is 9.45. The molecule has 0 amide bonds. The molecule has 1 atom stereocenters. The molecular weight excluding hydrogens is 348 g/mol. The van der Waals surface area contributed by atoms with Gasteiger partial charge >= 0.3 is 0 Å². The number of nitrogens with zero attached hydrogens (tertiary/aromatic N) is 3. The molecule has 4 rings (SSSR count). The van der Waals surface area contributed by atoms with Crippen LogP contribution in [0.5, 0.6) is 5.75 Å². The predicted molar refractivity (Wildman–Crippen MR) is 114 cm³/mol. The lowest BCUT2D eigenvalue weighted by Crippen LogP contribution is -2.44. The molecule has 1 fully saturated rings. The van der Waals surface area contributed by atoms with Crippen molar-refractivity contribution in [2.24, 2.45) is 0 Å². The number of likely N-dealkylation sites (N-methyl/N-ethyl adjacent to an activating group) is 1. The van der Waals surface area contributed by atoms with Gasteiger partial charge in [-0.05, 0) is 55.3 Å². The van der Waals surface area contributed by atoms with Gasteiger partial charge in [-0.1, -0.05) is 31.2 Å². The number of anilines is 1. The maximum Gasteiger partial charge on any atom is 0.115 e. The summed E-state index contributed by atoms with van der Waals surface area (Å²) in [4.78, 5) is 4.81. The zero-order valence-corrected chi connectivity index (χ0v) is 16.6. The lowest BCUT2D eigenvalue weighted by molar-refractivity contribution is 0.313. The van der Waals surface area contributed by atoms with Crippen LogP contribution in [0.2, 0.25) is 0 Å². The quantitative estimate of drug-likeness (QED) is 0.710. The van der Waals surface area contributed by atoms with Gasteiger partial charge in [-0.15, -0.1) is 0 Å². The normalized spacial score (nSPS) is 16.3. The number of piperazine rings is 1. The van der Waals surface area contributed by atoms with Crippen molar-refractivity contribution in [1.29, 1.82) is 0 Å². The van der Waals surface area contributed by atoms with Crippen molar-refractivity contribution in [3.63, 3.8) is 0 Å². The third-order valence-corrected chi connectivity index (χ3v) is 5.65. The molecule has 0 aliphatic carbocycles. The van der Waals surface area contributed by atoms with E-state index < -0.39 is 0 Å². The summed E-state index contributed by atoms with van der Waals surface area (Å²) in [7, 11) is 2.18. The van der Waals surface area contributed by atoms with Crippen LogP contribution in [0, 0.1) is 0 Å². The average Bonchev–Trinajstić information content (AvgIpc) is 3.18. The molecule has 0 bridgehead atoms. The highest BCUT2D eigenvalue weighted by molar-refractivity contribution is 5.63. The van der Waals surface area contributed by atoms with Crippen molar-refractivity contribution in [3.05, 3.63) is 65.9 Å². The fourth-order valence-corrected chi connectivity index (χ4v) is 3.77. The van der Waals surface area contributed by atoms with E-state index in [0.717, 1.165) is 49.6 Å². The molecule has 0 radical (unpaired) electrons. The van der Waals surface area contributed by atoms with Crippen molar-refractivity contribution in [1.82, 2.24) is 15.1 Å². The van der Waals surface area contributed by atoms with E-state index in [-0.39, 0.29) is 0 Å². The fraction of sp³-hybridized carbons (Fsp3) is 0.348. The summed E-state index contributed by atoms with van der Waals surface area (Å²) in [6.45, 7) is 6.58. The molecule has 0 saturated carbocycles. The SMILES string of the molecule is CC(Cc1cc(-c2ccc(N3CCN(C)CC3)cc2)n[nH]1)c1ccc(O)cc1. The number of phenolic OH excluding ortho intramolecular Hbond substituents is 1. The van der Waals surface area contributed by atoms with Gasteiger partial charge in [-0.25, -0.2) is 0 Å². The molecular formula is C23H28N4O. The van der Waals surface area contributed by atoms with Gasteiger partial charge in [-0.2, -0.15) is 5.10 Å². The maximum absolute atomic E-state index is 9.45. The highest BCUT2D eigenvalue weighted by Crippen LogP contribution is 2.26. The van der Waals surface area contributed by atoms with Crippen LogP contribution in [0.1, 0.15) is 24.1 Å². The Morgan fingerprint density at radius 1 is 1.00 bits per heavy atom. The van der Waals surface area contributed by atoms with Crippen LogP contribution in [0.4, 0.5) is 5.69 Å². The zero-order chi connectivity index (χ0) is 19.5. The molecule has 5 heteroatoms. The van der Waals surface area contributed by atoms with Crippen molar-refractivity contribution in [2.75, 3.05) is 38.1 Å². The van der Waals surface area contributed by atoms with Gasteiger partial charge in [0.1, 0.15) is 5.75 Å². The first kappa shape index (κ1) is 18.6. The highest BCUT2D eigenvalue weighted by Gasteiger charge is 2.15. The predicted octanol–water partition coefficient (Wildman–Crippen LogP) is 3.88. The largest absolute Gasteiger partial charge is 0.508 e. The van der Waals surface area contributed by atoms with Gasteiger partial charge in [0.25, 0.3) is 0 Å². The molecule has 0 spiro atoms. The molecule has 1 aliphatic rings. The number of aromatic hydroxyl groups is 1. The summed E-state index contributed by atoms with van der Waals surface area (Å²) in [5.74, 6) is 0.660. The Morgan fingerprint density at radius 3 is 2.36 bits per heavy atom. The van der Waals surface area contributed by atoms with Crippen molar-refractivity contribution >= 4 is 5.69 Å². The summed E-state index contributed by atoms with van der Waals surface area (Å²) < 4.78 is 0. The Bertz CT molecular complexity index is 893. The summed E-state index contributed by atoms with van der Waals surface area (Å²) in [6.07, 6.45) is 0.886. The van der Waals surface area contributed by atoms with Crippen LogP contribution in [0.3, 0.4) is 0 Å². The number of aromatic amines is 1. The number of hydrogen-bond acceptors (Lipinski definition) is 4. The minimum absolute atomic E-state index is 0.305. The minimum Gasteiger partial charge on any atom is -0.508 e. The molecule has 1 aliphatic heterocycles. The van der Waals surface area contributed by atoms with Gasteiger partial charge < -0.3 is 14.9 Å². The number of nitrogens with one attached hydrogen (secondary N) is 1. The van der Waals surface area contributed by atoms with Gasteiger partial charge in [0.05, 0.1) is 5.69 Å². The van der Waals surface area contributed by atoms with Gasteiger partial charge in [0.2, 0.25) is 0 Å². The van der Waals surface area contributed by atoms with Gasteiger partial charge in [0.15, 0.2) is 0 Å². The summed E-state index contributed by atoms with van der Waals surface area (Å²) in [5, 5.41) is 17.1. The van der Waals surface area contributed by atoms with E-state index >= 15 is 0 Å². The van der Waals surface area contributed by atoms with E-state index in [1.54, 1.807) is 12.1 Å². The van der Waals surface area contributed by atoms with E-state index in [0.29, 0.717) is 11.7 Å². The molecule has 1 aromatic heterocycles. The van der Waals surface area contributed by atoms with Gasteiger partial charge in [0, 0.05) is 43.1 Å². The van der Waals surface area contributed by atoms with E-state index in [2.05, 4.69) is 64.3 Å². The number of hydrogen-bond donors (Lipinski definition) is 2. The van der Waals surface area contributed by atoms with Crippen molar-refractivity contribution in [3.8, 4) is 17.0 Å². The van der Waals surface area contributed by atoms with Crippen molar-refractivity contribution < 1.29 is 5.11 Å². The second kappa shape index (κ2) is 8.07. The van der Waals surface area contributed by atoms with Crippen LogP contribution < -0.4 is 4.90 Å². The molecule has 146 valence electrons. The van der Waals surface area contributed by atoms with E-state index in [4.69, 9.17) is 0 Å². The minimum atomic E-state index is 0.305. The van der Waals surface area contributed by atoms with Crippen LogP contribution in [-0.4, -0.2) is 53.4 Å². The number of benzene rings is 2. The molecule has 3 aromatic rings. The van der Waals surface area contributed by atoms with Gasteiger partial charge in [-0.3, -0.25) is 5.10 Å². The summed E-state index contributed by atoms with van der Waals surface area (Å²) >= 11 is 0. The number of H-pyrrole nitrogens is 1. The van der Waals surface area contributed by atoms with E-state index in [1.165, 1.54) is 11.3 Å². The zero-order valence-electron chi connectivity index (χ0n) is 16.6. The number of phenols is 1. The molecule has 28 heavy (non-hydrogen) atoms. The molecule has 1 unspecified atom stereocenters. The highest BCUT2D eigenvalue weighted by atomic mass is 16.3. The van der Waals surface area contributed by atoms with Crippen LogP contribution in [-0.2, 0) is 6.42 Å². The van der Waals surface area contributed by atoms with Crippen molar-refractivity contribution in [2.45, 2.75) is 19.3 Å². The summed E-state index contributed by atoms with van der Waals surface area (Å²) in [5.41, 5.74) is 5.74. The number of rotatable bonds is 5. The van der Waals surface area contributed by atoms with Crippen LogP contribution >= 0.6 is 0 Å². The molecule has 2 aromatic carbocycles. The molecule has 5 nitrogen and oxygen atoms in total. The monoisotopic (exact) mass is 376 g/mol. The second-order valence-corrected chi connectivity index (χ2v) is 7.81. The average molecular weight is 377 g/mol. The number of aromatic nitrogens is 2. The third-order valence-electron chi connectivity index (χ3n) is 5.65. The second-order valence-electron chi connectivity index (χ2n) is 7.81. The smallest absolute Gasteiger partial charge is 0.115 e. The Kier molecular flexibility index (Phi) is 5.35. The molecule has 1 saturated heterocycles.